The number of nitrogens with two attached hydrogens (primary N) is 1. The zero-order valence-corrected chi connectivity index (χ0v) is 10.7. The van der Waals surface area contributed by atoms with E-state index in [0.29, 0.717) is 6.04 Å². The first-order chi connectivity index (χ1) is 8.75. The molecule has 1 aromatic heterocycles. The zero-order chi connectivity index (χ0) is 12.5. The van der Waals surface area contributed by atoms with Gasteiger partial charge < -0.3 is 15.1 Å². The first-order valence-electron chi connectivity index (χ1n) is 6.57. The van der Waals surface area contributed by atoms with Crippen molar-refractivity contribution < 1.29 is 4.42 Å². The molecule has 0 amide bonds. The van der Waals surface area contributed by atoms with Crippen LogP contribution in [0, 0.1) is 0 Å². The smallest absolute Gasteiger partial charge is 0.181 e. The van der Waals surface area contributed by atoms with E-state index in [-0.39, 0.29) is 6.04 Å². The van der Waals surface area contributed by atoms with Gasteiger partial charge in [-0.3, -0.25) is 0 Å². The van der Waals surface area contributed by atoms with Gasteiger partial charge in [-0.15, -0.1) is 0 Å². The highest BCUT2D eigenvalue weighted by Gasteiger charge is 2.25. The van der Waals surface area contributed by atoms with Crippen molar-refractivity contribution in [2.24, 2.45) is 5.73 Å². The largest absolute Gasteiger partial charge is 0.443 e. The van der Waals surface area contributed by atoms with Crippen LogP contribution in [0.25, 0.3) is 11.1 Å². The van der Waals surface area contributed by atoms with Crippen molar-refractivity contribution in [1.82, 2.24) is 4.98 Å². The lowest BCUT2D eigenvalue weighted by molar-refractivity contribution is 0.373. The van der Waals surface area contributed by atoms with Crippen molar-refractivity contribution in [3.8, 4) is 0 Å². The van der Waals surface area contributed by atoms with Crippen LogP contribution < -0.4 is 10.6 Å². The maximum Gasteiger partial charge on any atom is 0.181 e. The van der Waals surface area contributed by atoms with E-state index in [1.165, 1.54) is 25.7 Å². The Morgan fingerprint density at radius 2 is 2.17 bits per heavy atom. The summed E-state index contributed by atoms with van der Waals surface area (Å²) in [4.78, 5) is 6.42. The molecule has 0 radical (unpaired) electrons. The summed E-state index contributed by atoms with van der Waals surface area (Å²) in [5, 5.41) is 0. The van der Waals surface area contributed by atoms with Crippen LogP contribution in [0.15, 0.2) is 29.0 Å². The lowest BCUT2D eigenvalue weighted by Gasteiger charge is -2.37. The van der Waals surface area contributed by atoms with E-state index in [0.717, 1.165) is 23.2 Å². The van der Waals surface area contributed by atoms with Crippen LogP contribution >= 0.6 is 0 Å². The van der Waals surface area contributed by atoms with Gasteiger partial charge in [0.15, 0.2) is 12.0 Å². The highest BCUT2D eigenvalue weighted by atomic mass is 16.3. The molecule has 1 heterocycles. The van der Waals surface area contributed by atoms with E-state index >= 15 is 0 Å². The number of hydrogen-bond acceptors (Lipinski definition) is 4. The fraction of sp³-hybridized carbons (Fsp3) is 0.500. The third-order valence-electron chi connectivity index (χ3n) is 4.00. The zero-order valence-electron chi connectivity index (χ0n) is 10.7. The van der Waals surface area contributed by atoms with Gasteiger partial charge in [-0.2, -0.15) is 0 Å². The quantitative estimate of drug-likeness (QED) is 0.883. The van der Waals surface area contributed by atoms with Crippen molar-refractivity contribution >= 4 is 16.8 Å². The van der Waals surface area contributed by atoms with Crippen molar-refractivity contribution in [3.05, 3.63) is 24.6 Å². The van der Waals surface area contributed by atoms with Crippen LogP contribution in [0.2, 0.25) is 0 Å². The summed E-state index contributed by atoms with van der Waals surface area (Å²) in [7, 11) is 2.12. The van der Waals surface area contributed by atoms with Gasteiger partial charge in [0.1, 0.15) is 5.52 Å². The third-order valence-corrected chi connectivity index (χ3v) is 4.00. The first kappa shape index (κ1) is 11.5. The van der Waals surface area contributed by atoms with E-state index in [1.807, 2.05) is 12.1 Å². The van der Waals surface area contributed by atoms with Gasteiger partial charge >= 0.3 is 0 Å². The second-order valence-corrected chi connectivity index (χ2v) is 5.13. The molecule has 0 spiro atoms. The van der Waals surface area contributed by atoms with Gasteiger partial charge in [0, 0.05) is 30.9 Å². The molecule has 1 aliphatic rings. The summed E-state index contributed by atoms with van der Waals surface area (Å²) in [6.45, 7) is 0. The third kappa shape index (κ3) is 1.97. The summed E-state index contributed by atoms with van der Waals surface area (Å²) in [5.41, 5.74) is 9.13. The Morgan fingerprint density at radius 1 is 1.33 bits per heavy atom. The number of oxazole rings is 1. The summed E-state index contributed by atoms with van der Waals surface area (Å²) in [6.07, 6.45) is 6.31. The second-order valence-electron chi connectivity index (χ2n) is 5.13. The number of fused-ring (bicyclic) bond motifs is 1. The van der Waals surface area contributed by atoms with Crippen LogP contribution in [-0.4, -0.2) is 24.1 Å². The number of anilines is 1. The summed E-state index contributed by atoms with van der Waals surface area (Å²) >= 11 is 0. The Kier molecular flexibility index (Phi) is 2.96. The number of likely N-dealkylation sites (N-methyl/N-ethyl adjacent to an activating group) is 1. The molecule has 1 fully saturated rings. The van der Waals surface area contributed by atoms with Crippen molar-refractivity contribution in [1.29, 1.82) is 0 Å². The fourth-order valence-electron chi connectivity index (χ4n) is 2.88. The Morgan fingerprint density at radius 3 is 3.00 bits per heavy atom. The van der Waals surface area contributed by atoms with Gasteiger partial charge in [0.2, 0.25) is 0 Å². The maximum atomic E-state index is 6.23. The molecule has 2 N–H and O–H groups in total. The van der Waals surface area contributed by atoms with Crippen molar-refractivity contribution in [3.63, 3.8) is 0 Å². The molecule has 1 saturated carbocycles. The van der Waals surface area contributed by atoms with Crippen molar-refractivity contribution in [2.45, 2.75) is 37.8 Å². The minimum atomic E-state index is 0.272. The van der Waals surface area contributed by atoms with Crippen LogP contribution in [-0.2, 0) is 0 Å². The Balaban J connectivity index is 1.87. The standard InChI is InChI=1S/C14H19N3O/c1-17(13-5-3-2-4-11(13)15)10-6-7-12-14(8-10)18-9-16-12/h6-9,11,13H,2-5,15H2,1H3. The minimum absolute atomic E-state index is 0.272. The average Bonchev–Trinajstić information content (AvgIpc) is 2.85. The SMILES string of the molecule is CN(c1ccc2ncoc2c1)C1CCCCC1N. The highest BCUT2D eigenvalue weighted by Crippen LogP contribution is 2.27. The predicted molar refractivity (Wildman–Crippen MR) is 72.6 cm³/mol. The van der Waals surface area contributed by atoms with E-state index in [4.69, 9.17) is 10.2 Å². The molecule has 3 rings (SSSR count). The monoisotopic (exact) mass is 245 g/mol. The lowest BCUT2D eigenvalue weighted by atomic mass is 9.90. The molecular weight excluding hydrogens is 226 g/mol. The molecule has 4 nitrogen and oxygen atoms in total. The number of aromatic nitrogens is 1. The molecule has 0 saturated heterocycles. The van der Waals surface area contributed by atoms with Crippen LogP contribution in [0.3, 0.4) is 0 Å². The predicted octanol–water partition coefficient (Wildman–Crippen LogP) is 2.53. The van der Waals surface area contributed by atoms with Crippen LogP contribution in [0.5, 0.6) is 0 Å². The number of benzene rings is 1. The Hall–Kier alpha value is -1.55. The van der Waals surface area contributed by atoms with Gasteiger partial charge in [0.05, 0.1) is 0 Å². The van der Waals surface area contributed by atoms with E-state index < -0.39 is 0 Å². The molecule has 18 heavy (non-hydrogen) atoms. The van der Waals surface area contributed by atoms with E-state index in [1.54, 1.807) is 0 Å². The van der Waals surface area contributed by atoms with Crippen molar-refractivity contribution in [2.75, 3.05) is 11.9 Å². The molecule has 4 heteroatoms. The fourth-order valence-corrected chi connectivity index (χ4v) is 2.88. The van der Waals surface area contributed by atoms with Crippen LogP contribution in [0.4, 0.5) is 5.69 Å². The van der Waals surface area contributed by atoms with E-state index in [9.17, 15) is 0 Å². The number of nitrogens with zero attached hydrogens (tertiary/aromatic N) is 2. The lowest BCUT2D eigenvalue weighted by Crippen LogP contribution is -2.48. The minimum Gasteiger partial charge on any atom is -0.443 e. The molecule has 2 atom stereocenters. The average molecular weight is 245 g/mol. The van der Waals surface area contributed by atoms with Gasteiger partial charge in [0.25, 0.3) is 0 Å². The highest BCUT2D eigenvalue weighted by molar-refractivity contribution is 5.77. The summed E-state index contributed by atoms with van der Waals surface area (Å²) in [5.74, 6) is 0. The molecule has 2 aromatic rings. The molecule has 1 aliphatic carbocycles. The number of hydrogen-bond donors (Lipinski definition) is 1. The first-order valence-corrected chi connectivity index (χ1v) is 6.57. The van der Waals surface area contributed by atoms with Gasteiger partial charge in [-0.05, 0) is 25.0 Å². The molecule has 0 bridgehead atoms. The molecule has 96 valence electrons. The van der Waals surface area contributed by atoms with Gasteiger partial charge in [-0.1, -0.05) is 12.8 Å². The normalized spacial score (nSPS) is 24.3. The Bertz CT molecular complexity index is 537. The summed E-state index contributed by atoms with van der Waals surface area (Å²) in [6, 6.07) is 6.84. The maximum absolute atomic E-state index is 6.23. The van der Waals surface area contributed by atoms with Crippen LogP contribution in [0.1, 0.15) is 25.7 Å². The Labute approximate surface area is 107 Å². The van der Waals surface area contributed by atoms with Gasteiger partial charge in [-0.25, -0.2) is 4.98 Å². The number of rotatable bonds is 2. The molecule has 0 aliphatic heterocycles. The molecule has 2 unspecified atom stereocenters. The summed E-state index contributed by atoms with van der Waals surface area (Å²) < 4.78 is 5.35. The molecule has 1 aromatic carbocycles. The second kappa shape index (κ2) is 4.61. The molecular formula is C14H19N3O. The van der Waals surface area contributed by atoms with E-state index in [2.05, 4.69) is 23.0 Å². The topological polar surface area (TPSA) is 55.3 Å².